The van der Waals surface area contributed by atoms with E-state index in [0.29, 0.717) is 11.4 Å². The predicted molar refractivity (Wildman–Crippen MR) is 75.9 cm³/mol. The van der Waals surface area contributed by atoms with Crippen molar-refractivity contribution in [3.63, 3.8) is 0 Å². The number of halogens is 1. The molecule has 0 aliphatic rings. The van der Waals surface area contributed by atoms with E-state index in [1.54, 1.807) is 30.5 Å². The standard InChI is InChI=1S/C13H12BrN3O2/c14-9-3-1-4-10(7-9)17-12(18)8-16-13(19)11-5-2-6-15-11/h1-7,15H,8H2,(H,16,19)(H,17,18). The summed E-state index contributed by atoms with van der Waals surface area (Å²) in [6.07, 6.45) is 1.65. The Morgan fingerprint density at radius 2 is 2.05 bits per heavy atom. The lowest BCUT2D eigenvalue weighted by Crippen LogP contribution is -2.33. The van der Waals surface area contributed by atoms with E-state index in [4.69, 9.17) is 0 Å². The van der Waals surface area contributed by atoms with E-state index in [1.165, 1.54) is 0 Å². The van der Waals surface area contributed by atoms with Gasteiger partial charge in [0.1, 0.15) is 5.69 Å². The Balaban J connectivity index is 1.83. The third-order valence-corrected chi connectivity index (χ3v) is 2.85. The smallest absolute Gasteiger partial charge is 0.268 e. The third-order valence-electron chi connectivity index (χ3n) is 2.36. The average molecular weight is 322 g/mol. The molecular weight excluding hydrogens is 310 g/mol. The monoisotopic (exact) mass is 321 g/mol. The van der Waals surface area contributed by atoms with Crippen LogP contribution in [0, 0.1) is 0 Å². The molecule has 0 atom stereocenters. The van der Waals surface area contributed by atoms with Gasteiger partial charge in [0.2, 0.25) is 5.91 Å². The SMILES string of the molecule is O=C(CNC(=O)c1ccc[nH]1)Nc1cccc(Br)c1. The second-order valence-electron chi connectivity index (χ2n) is 3.82. The predicted octanol–water partition coefficient (Wildman–Crippen LogP) is 2.15. The summed E-state index contributed by atoms with van der Waals surface area (Å²) in [6.45, 7) is -0.0790. The van der Waals surface area contributed by atoms with Crippen molar-refractivity contribution < 1.29 is 9.59 Å². The van der Waals surface area contributed by atoms with Crippen LogP contribution in [0.25, 0.3) is 0 Å². The van der Waals surface area contributed by atoms with Crippen LogP contribution in [0.15, 0.2) is 47.1 Å². The summed E-state index contributed by atoms with van der Waals surface area (Å²) in [7, 11) is 0. The number of hydrogen-bond donors (Lipinski definition) is 3. The molecule has 5 nitrogen and oxygen atoms in total. The van der Waals surface area contributed by atoms with Gasteiger partial charge in [-0.1, -0.05) is 22.0 Å². The Morgan fingerprint density at radius 3 is 2.74 bits per heavy atom. The molecule has 0 aliphatic carbocycles. The first-order chi connectivity index (χ1) is 9.15. The zero-order valence-corrected chi connectivity index (χ0v) is 11.5. The minimum absolute atomic E-state index is 0.0790. The molecular formula is C13H12BrN3O2. The number of aromatic amines is 1. The fourth-order valence-corrected chi connectivity index (χ4v) is 1.90. The number of carbonyl (C=O) groups excluding carboxylic acids is 2. The van der Waals surface area contributed by atoms with Gasteiger partial charge in [0.15, 0.2) is 0 Å². The molecule has 2 amide bonds. The number of rotatable bonds is 4. The van der Waals surface area contributed by atoms with Gasteiger partial charge in [0, 0.05) is 16.4 Å². The molecule has 0 spiro atoms. The Morgan fingerprint density at radius 1 is 1.21 bits per heavy atom. The highest BCUT2D eigenvalue weighted by Gasteiger charge is 2.08. The van der Waals surface area contributed by atoms with Crippen molar-refractivity contribution in [1.29, 1.82) is 0 Å². The molecule has 0 saturated heterocycles. The molecule has 3 N–H and O–H groups in total. The summed E-state index contributed by atoms with van der Waals surface area (Å²) in [4.78, 5) is 26.0. The maximum atomic E-state index is 11.6. The fraction of sp³-hybridized carbons (Fsp3) is 0.0769. The van der Waals surface area contributed by atoms with E-state index < -0.39 is 0 Å². The van der Waals surface area contributed by atoms with Crippen molar-refractivity contribution in [2.24, 2.45) is 0 Å². The first-order valence-corrected chi connectivity index (χ1v) is 6.41. The van der Waals surface area contributed by atoms with E-state index in [-0.39, 0.29) is 18.4 Å². The summed E-state index contributed by atoms with van der Waals surface area (Å²) in [5.74, 6) is -0.590. The molecule has 1 aromatic heterocycles. The molecule has 19 heavy (non-hydrogen) atoms. The van der Waals surface area contributed by atoms with E-state index in [1.807, 2.05) is 12.1 Å². The minimum Gasteiger partial charge on any atom is -0.357 e. The molecule has 0 fully saturated rings. The van der Waals surface area contributed by atoms with Crippen LogP contribution < -0.4 is 10.6 Å². The van der Waals surface area contributed by atoms with Crippen molar-refractivity contribution in [3.8, 4) is 0 Å². The van der Waals surface area contributed by atoms with Gasteiger partial charge < -0.3 is 15.6 Å². The highest BCUT2D eigenvalue weighted by Crippen LogP contribution is 2.15. The lowest BCUT2D eigenvalue weighted by molar-refractivity contribution is -0.115. The number of amides is 2. The number of aromatic nitrogens is 1. The number of H-pyrrole nitrogens is 1. The molecule has 6 heteroatoms. The molecule has 1 heterocycles. The maximum absolute atomic E-state index is 11.6. The summed E-state index contributed by atoms with van der Waals surface area (Å²) in [5, 5.41) is 5.22. The van der Waals surface area contributed by atoms with Crippen LogP contribution in [-0.2, 0) is 4.79 Å². The zero-order chi connectivity index (χ0) is 13.7. The van der Waals surface area contributed by atoms with Gasteiger partial charge in [-0.25, -0.2) is 0 Å². The largest absolute Gasteiger partial charge is 0.357 e. The van der Waals surface area contributed by atoms with E-state index in [9.17, 15) is 9.59 Å². The van der Waals surface area contributed by atoms with Gasteiger partial charge in [-0.15, -0.1) is 0 Å². The Bertz CT molecular complexity index is 581. The highest BCUT2D eigenvalue weighted by molar-refractivity contribution is 9.10. The van der Waals surface area contributed by atoms with Gasteiger partial charge in [-0.05, 0) is 30.3 Å². The molecule has 2 rings (SSSR count). The van der Waals surface area contributed by atoms with Gasteiger partial charge in [0.05, 0.1) is 6.54 Å². The lowest BCUT2D eigenvalue weighted by Gasteiger charge is -2.06. The van der Waals surface area contributed by atoms with Gasteiger partial charge in [-0.2, -0.15) is 0 Å². The molecule has 0 aliphatic heterocycles. The normalized spacial score (nSPS) is 9.95. The van der Waals surface area contributed by atoms with Crippen molar-refractivity contribution in [1.82, 2.24) is 10.3 Å². The highest BCUT2D eigenvalue weighted by atomic mass is 79.9. The van der Waals surface area contributed by atoms with Gasteiger partial charge in [0.25, 0.3) is 5.91 Å². The van der Waals surface area contributed by atoms with E-state index in [2.05, 4.69) is 31.5 Å². The van der Waals surface area contributed by atoms with Crippen LogP contribution >= 0.6 is 15.9 Å². The van der Waals surface area contributed by atoms with Crippen molar-refractivity contribution in [2.75, 3.05) is 11.9 Å². The van der Waals surface area contributed by atoms with E-state index >= 15 is 0 Å². The first kappa shape index (κ1) is 13.4. The molecule has 0 saturated carbocycles. The third kappa shape index (κ3) is 3.96. The van der Waals surface area contributed by atoms with E-state index in [0.717, 1.165) is 4.47 Å². The molecule has 98 valence electrons. The summed E-state index contributed by atoms with van der Waals surface area (Å²) < 4.78 is 0.876. The van der Waals surface area contributed by atoms with Crippen molar-refractivity contribution in [2.45, 2.75) is 0 Å². The fourth-order valence-electron chi connectivity index (χ4n) is 1.50. The molecule has 1 aromatic carbocycles. The number of nitrogens with one attached hydrogen (secondary N) is 3. The number of carbonyl (C=O) groups is 2. The van der Waals surface area contributed by atoms with Crippen molar-refractivity contribution in [3.05, 3.63) is 52.8 Å². The van der Waals surface area contributed by atoms with Gasteiger partial charge in [-0.3, -0.25) is 9.59 Å². The number of benzene rings is 1. The number of hydrogen-bond acceptors (Lipinski definition) is 2. The first-order valence-electron chi connectivity index (χ1n) is 5.62. The van der Waals surface area contributed by atoms with Crippen LogP contribution in [0.2, 0.25) is 0 Å². The zero-order valence-electron chi connectivity index (χ0n) is 9.94. The quantitative estimate of drug-likeness (QED) is 0.807. The Hall–Kier alpha value is -2.08. The summed E-state index contributed by atoms with van der Waals surface area (Å²) in [5.41, 5.74) is 1.10. The van der Waals surface area contributed by atoms with Crippen LogP contribution in [0.4, 0.5) is 5.69 Å². The number of anilines is 1. The van der Waals surface area contributed by atoms with Crippen LogP contribution in [0.1, 0.15) is 10.5 Å². The Labute approximate surface area is 118 Å². The summed E-state index contributed by atoms with van der Waals surface area (Å²) >= 11 is 3.32. The van der Waals surface area contributed by atoms with Crippen LogP contribution in [0.5, 0.6) is 0 Å². The van der Waals surface area contributed by atoms with Gasteiger partial charge >= 0.3 is 0 Å². The average Bonchev–Trinajstić information content (AvgIpc) is 2.90. The minimum atomic E-state index is -0.311. The lowest BCUT2D eigenvalue weighted by atomic mass is 10.3. The maximum Gasteiger partial charge on any atom is 0.268 e. The summed E-state index contributed by atoms with van der Waals surface area (Å²) in [6, 6.07) is 10.6. The molecule has 0 unspecified atom stereocenters. The molecule has 2 aromatic rings. The second-order valence-corrected chi connectivity index (χ2v) is 4.74. The van der Waals surface area contributed by atoms with Crippen molar-refractivity contribution >= 4 is 33.4 Å². The molecule has 0 bridgehead atoms. The van der Waals surface area contributed by atoms with Crippen LogP contribution in [-0.4, -0.2) is 23.3 Å². The Kier molecular flexibility index (Phi) is 4.35. The second kappa shape index (κ2) is 6.19. The molecule has 0 radical (unpaired) electrons. The van der Waals surface area contributed by atoms with Crippen LogP contribution in [0.3, 0.4) is 0 Å². The topological polar surface area (TPSA) is 74.0 Å².